The zero-order valence-corrected chi connectivity index (χ0v) is 9.79. The lowest BCUT2D eigenvalue weighted by Crippen LogP contribution is -1.96. The Morgan fingerprint density at radius 1 is 1.25 bits per heavy atom. The average molecular weight is 302 g/mol. The summed E-state index contributed by atoms with van der Waals surface area (Å²) in [4.78, 5) is 0. The van der Waals surface area contributed by atoms with Gasteiger partial charge in [0.05, 0.1) is 13.2 Å². The Labute approximate surface area is 86.5 Å². The van der Waals surface area contributed by atoms with Gasteiger partial charge in [0.1, 0.15) is 4.17 Å². The van der Waals surface area contributed by atoms with Gasteiger partial charge in [-0.3, -0.25) is 4.57 Å². The Bertz CT molecular complexity index is 177. The quantitative estimate of drug-likeness (QED) is 0.314. The first-order valence-electron chi connectivity index (χ1n) is 3.34. The van der Waals surface area contributed by atoms with Crippen molar-refractivity contribution in [2.45, 2.75) is 0 Å². The molecule has 5 heteroatoms. The fourth-order valence-corrected chi connectivity index (χ4v) is 2.50. The lowest BCUT2D eigenvalue weighted by atomic mass is 10.7. The maximum Gasteiger partial charge on any atom is 0.340 e. The highest BCUT2D eigenvalue weighted by Gasteiger charge is 2.21. The highest BCUT2D eigenvalue weighted by Crippen LogP contribution is 2.49. The summed E-state index contributed by atoms with van der Waals surface area (Å²) >= 11 is 1.96. The van der Waals surface area contributed by atoms with Gasteiger partial charge in [0.25, 0.3) is 0 Å². The summed E-state index contributed by atoms with van der Waals surface area (Å²) in [5.74, 6) is 0. The van der Waals surface area contributed by atoms with E-state index in [1.54, 1.807) is 0 Å². The molecule has 0 radical (unpaired) electrons. The number of rotatable bonds is 7. The lowest BCUT2D eigenvalue weighted by molar-refractivity contribution is 0.242. The van der Waals surface area contributed by atoms with E-state index >= 15 is 0 Å². The molecule has 0 spiro atoms. The zero-order chi connectivity index (χ0) is 9.45. The molecule has 0 amide bonds. The molecule has 0 bridgehead atoms. The van der Waals surface area contributed by atoms with Gasteiger partial charge in [0.15, 0.2) is 0 Å². The van der Waals surface area contributed by atoms with Crippen molar-refractivity contribution in [2.75, 3.05) is 17.4 Å². The second kappa shape index (κ2) is 6.83. The number of halogens is 1. The summed E-state index contributed by atoms with van der Waals surface area (Å²) in [6.45, 7) is 7.40. The van der Waals surface area contributed by atoms with Gasteiger partial charge in [-0.25, -0.2) is 0 Å². The van der Waals surface area contributed by atoms with Gasteiger partial charge in [0.2, 0.25) is 0 Å². The van der Waals surface area contributed by atoms with Gasteiger partial charge < -0.3 is 9.05 Å². The van der Waals surface area contributed by atoms with Crippen molar-refractivity contribution < 1.29 is 13.6 Å². The minimum atomic E-state index is -2.89. The van der Waals surface area contributed by atoms with Crippen molar-refractivity contribution in [3.05, 3.63) is 25.3 Å². The van der Waals surface area contributed by atoms with E-state index in [0.717, 1.165) is 0 Å². The van der Waals surface area contributed by atoms with E-state index in [1.807, 2.05) is 22.6 Å². The molecule has 0 aliphatic heterocycles. The summed E-state index contributed by atoms with van der Waals surface area (Å²) in [5.41, 5.74) is 0. The van der Waals surface area contributed by atoms with Crippen LogP contribution in [0.2, 0.25) is 0 Å². The van der Waals surface area contributed by atoms with Gasteiger partial charge in [-0.2, -0.15) is 0 Å². The molecule has 0 saturated heterocycles. The number of hydrogen-bond acceptors (Lipinski definition) is 3. The second-order valence-corrected chi connectivity index (χ2v) is 5.92. The minimum Gasteiger partial charge on any atom is -0.304 e. The highest BCUT2D eigenvalue weighted by molar-refractivity contribution is 14.1. The maximum absolute atomic E-state index is 11.6. The van der Waals surface area contributed by atoms with Crippen LogP contribution in [0.25, 0.3) is 0 Å². The lowest BCUT2D eigenvalue weighted by Gasteiger charge is -2.13. The molecule has 0 heterocycles. The van der Waals surface area contributed by atoms with E-state index < -0.39 is 7.60 Å². The molecule has 0 aromatic rings. The van der Waals surface area contributed by atoms with E-state index in [-0.39, 0.29) is 13.2 Å². The van der Waals surface area contributed by atoms with E-state index in [4.69, 9.17) is 9.05 Å². The van der Waals surface area contributed by atoms with Crippen LogP contribution in [-0.4, -0.2) is 17.4 Å². The van der Waals surface area contributed by atoms with E-state index in [1.165, 1.54) is 12.2 Å². The molecule has 0 N–H and O–H groups in total. The molecule has 0 aromatic heterocycles. The average Bonchev–Trinajstić information content (AvgIpc) is 2.11. The first-order valence-corrected chi connectivity index (χ1v) is 6.60. The van der Waals surface area contributed by atoms with E-state index in [9.17, 15) is 4.57 Å². The molecule has 0 atom stereocenters. The van der Waals surface area contributed by atoms with Crippen LogP contribution >= 0.6 is 30.2 Å². The van der Waals surface area contributed by atoms with Crippen LogP contribution in [-0.2, 0) is 13.6 Å². The van der Waals surface area contributed by atoms with Crippen LogP contribution < -0.4 is 0 Å². The molecule has 0 aliphatic rings. The molecule has 0 aliphatic carbocycles. The molecule has 12 heavy (non-hydrogen) atoms. The molecule has 3 nitrogen and oxygen atoms in total. The molecule has 0 aromatic carbocycles. The number of alkyl halides is 1. The van der Waals surface area contributed by atoms with Crippen molar-refractivity contribution in [1.29, 1.82) is 0 Å². The fourth-order valence-electron chi connectivity index (χ4n) is 0.439. The third kappa shape index (κ3) is 5.09. The molecule has 0 fully saturated rings. The van der Waals surface area contributed by atoms with Gasteiger partial charge in [-0.05, 0) is 0 Å². The predicted octanol–water partition coefficient (Wildman–Crippen LogP) is 2.98. The number of hydrogen-bond donors (Lipinski definition) is 0. The van der Waals surface area contributed by atoms with E-state index in [0.29, 0.717) is 4.17 Å². The largest absolute Gasteiger partial charge is 0.340 e. The monoisotopic (exact) mass is 302 g/mol. The van der Waals surface area contributed by atoms with Gasteiger partial charge in [0, 0.05) is 0 Å². The standard InChI is InChI=1S/C7H12IO3P/c1-3-5-10-12(9,7-8)11-6-4-2/h3-4H,1-2,5-7H2. The van der Waals surface area contributed by atoms with Crippen molar-refractivity contribution in [3.63, 3.8) is 0 Å². The SMILES string of the molecule is C=CCOP(=O)(CI)OCC=C. The van der Waals surface area contributed by atoms with Crippen molar-refractivity contribution in [3.8, 4) is 0 Å². The molecule has 0 rings (SSSR count). The summed E-state index contributed by atoms with van der Waals surface area (Å²) in [5, 5.41) is 0. The van der Waals surface area contributed by atoms with E-state index in [2.05, 4.69) is 13.2 Å². The smallest absolute Gasteiger partial charge is 0.304 e. The highest BCUT2D eigenvalue weighted by atomic mass is 127. The Hall–Kier alpha value is 0.360. The summed E-state index contributed by atoms with van der Waals surface area (Å²) in [6.07, 6.45) is 3.08. The Morgan fingerprint density at radius 2 is 1.67 bits per heavy atom. The van der Waals surface area contributed by atoms with Crippen LogP contribution in [0.1, 0.15) is 0 Å². The molecular weight excluding hydrogens is 290 g/mol. The van der Waals surface area contributed by atoms with Crippen LogP contribution in [0.4, 0.5) is 0 Å². The second-order valence-electron chi connectivity index (χ2n) is 1.90. The third-order valence-electron chi connectivity index (χ3n) is 0.925. The van der Waals surface area contributed by atoms with Crippen LogP contribution in [0, 0.1) is 0 Å². The minimum absolute atomic E-state index is 0.247. The zero-order valence-electron chi connectivity index (χ0n) is 6.74. The van der Waals surface area contributed by atoms with Crippen LogP contribution in [0.3, 0.4) is 0 Å². The topological polar surface area (TPSA) is 35.5 Å². The first kappa shape index (κ1) is 12.4. The molecule has 0 saturated carbocycles. The van der Waals surface area contributed by atoms with Crippen LogP contribution in [0.5, 0.6) is 0 Å². The Morgan fingerprint density at radius 3 is 1.92 bits per heavy atom. The first-order chi connectivity index (χ1) is 5.68. The normalized spacial score (nSPS) is 11.1. The summed E-state index contributed by atoms with van der Waals surface area (Å²) in [6, 6.07) is 0. The van der Waals surface area contributed by atoms with Crippen molar-refractivity contribution >= 4 is 30.2 Å². The summed E-state index contributed by atoms with van der Waals surface area (Å²) < 4.78 is 21.9. The maximum atomic E-state index is 11.6. The van der Waals surface area contributed by atoms with Crippen LogP contribution in [0.15, 0.2) is 25.3 Å². The molecular formula is C7H12IO3P. The van der Waals surface area contributed by atoms with Crippen molar-refractivity contribution in [2.24, 2.45) is 0 Å². The van der Waals surface area contributed by atoms with Gasteiger partial charge in [-0.15, -0.1) is 13.2 Å². The van der Waals surface area contributed by atoms with Gasteiger partial charge >= 0.3 is 7.60 Å². The van der Waals surface area contributed by atoms with Gasteiger partial charge in [-0.1, -0.05) is 34.7 Å². The molecule has 0 unspecified atom stereocenters. The Kier molecular flexibility index (Phi) is 7.04. The van der Waals surface area contributed by atoms with Crippen molar-refractivity contribution in [1.82, 2.24) is 0 Å². The molecule has 70 valence electrons. The Balaban J connectivity index is 3.94. The summed E-state index contributed by atoms with van der Waals surface area (Å²) in [7, 11) is -2.89. The predicted molar refractivity (Wildman–Crippen MR) is 58.8 cm³/mol. The third-order valence-corrected chi connectivity index (χ3v) is 4.81. The fraction of sp³-hybridized carbons (Fsp3) is 0.429.